The molecule has 2 aromatic carbocycles. The predicted molar refractivity (Wildman–Crippen MR) is 79.3 cm³/mol. The lowest BCUT2D eigenvalue weighted by Crippen LogP contribution is -2.00. The van der Waals surface area contributed by atoms with E-state index in [0.717, 1.165) is 15.6 Å². The van der Waals surface area contributed by atoms with Crippen molar-refractivity contribution >= 4 is 21.6 Å². The summed E-state index contributed by atoms with van der Waals surface area (Å²) in [5.41, 5.74) is 1.88. The van der Waals surface area contributed by atoms with E-state index in [9.17, 15) is 15.4 Å². The second-order valence-electron chi connectivity index (χ2n) is 4.36. The number of hydrogen-bond donors (Lipinski definition) is 0. The number of nitro groups is 1. The zero-order valence-corrected chi connectivity index (χ0v) is 12.1. The molecular formula is C15H11BrN2O2. The average Bonchev–Trinajstić information content (AvgIpc) is 2.47. The van der Waals surface area contributed by atoms with Gasteiger partial charge in [-0.15, -0.1) is 0 Å². The molecule has 0 aromatic heterocycles. The molecule has 0 saturated carbocycles. The summed E-state index contributed by atoms with van der Waals surface area (Å²) in [6.07, 6.45) is 0.585. The second kappa shape index (κ2) is 6.31. The Morgan fingerprint density at radius 2 is 1.75 bits per heavy atom. The number of benzene rings is 2. The maximum Gasteiger partial charge on any atom is 0.269 e. The van der Waals surface area contributed by atoms with Gasteiger partial charge in [0.1, 0.15) is 0 Å². The highest BCUT2D eigenvalue weighted by Crippen LogP contribution is 2.23. The molecule has 0 aliphatic heterocycles. The summed E-state index contributed by atoms with van der Waals surface area (Å²) in [7, 11) is 0. The average molecular weight is 331 g/mol. The monoisotopic (exact) mass is 330 g/mol. The van der Waals surface area contributed by atoms with Gasteiger partial charge in [-0.3, -0.25) is 10.1 Å². The number of non-ortho nitro benzene ring substituents is 1. The van der Waals surface area contributed by atoms with Gasteiger partial charge in [0.15, 0.2) is 0 Å². The molecule has 0 fully saturated rings. The van der Waals surface area contributed by atoms with Crippen LogP contribution in [0.15, 0.2) is 53.0 Å². The Balaban J connectivity index is 2.18. The van der Waals surface area contributed by atoms with Crippen LogP contribution in [0.5, 0.6) is 0 Å². The van der Waals surface area contributed by atoms with Crippen molar-refractivity contribution < 1.29 is 4.92 Å². The molecule has 1 atom stereocenters. The fourth-order valence-corrected chi connectivity index (χ4v) is 2.19. The Morgan fingerprint density at radius 3 is 2.25 bits per heavy atom. The molecule has 100 valence electrons. The second-order valence-corrected chi connectivity index (χ2v) is 5.28. The number of hydrogen-bond acceptors (Lipinski definition) is 3. The zero-order valence-electron chi connectivity index (χ0n) is 10.5. The van der Waals surface area contributed by atoms with Gasteiger partial charge in [-0.25, -0.2) is 0 Å². The van der Waals surface area contributed by atoms with Crippen LogP contribution >= 0.6 is 15.9 Å². The van der Waals surface area contributed by atoms with Gasteiger partial charge in [-0.05, 0) is 29.7 Å². The van der Waals surface area contributed by atoms with Crippen LogP contribution in [0.25, 0.3) is 0 Å². The van der Waals surface area contributed by atoms with Crippen LogP contribution in [-0.4, -0.2) is 4.92 Å². The Hall–Kier alpha value is -2.19. The van der Waals surface area contributed by atoms with Crippen molar-refractivity contribution in [1.29, 1.82) is 5.26 Å². The van der Waals surface area contributed by atoms with E-state index in [1.807, 2.05) is 24.3 Å². The van der Waals surface area contributed by atoms with E-state index >= 15 is 0 Å². The summed E-state index contributed by atoms with van der Waals surface area (Å²) >= 11 is 3.37. The summed E-state index contributed by atoms with van der Waals surface area (Å²) in [6, 6.07) is 16.2. The molecule has 2 aromatic rings. The van der Waals surface area contributed by atoms with E-state index in [1.54, 1.807) is 12.1 Å². The number of nitro benzene ring substituents is 1. The molecule has 0 radical (unpaired) electrons. The van der Waals surface area contributed by atoms with Crippen molar-refractivity contribution in [2.45, 2.75) is 12.3 Å². The molecule has 0 aliphatic carbocycles. The van der Waals surface area contributed by atoms with Crippen LogP contribution in [0.3, 0.4) is 0 Å². The smallest absolute Gasteiger partial charge is 0.258 e. The molecule has 0 aliphatic rings. The molecular weight excluding hydrogens is 320 g/mol. The number of nitrogens with zero attached hydrogens (tertiary/aromatic N) is 2. The molecule has 0 bridgehead atoms. The Labute approximate surface area is 124 Å². The van der Waals surface area contributed by atoms with Crippen molar-refractivity contribution in [2.24, 2.45) is 0 Å². The van der Waals surface area contributed by atoms with Crippen LogP contribution in [0.2, 0.25) is 0 Å². The summed E-state index contributed by atoms with van der Waals surface area (Å²) in [5, 5.41) is 19.9. The zero-order chi connectivity index (χ0) is 14.5. The first-order valence-electron chi connectivity index (χ1n) is 5.98. The van der Waals surface area contributed by atoms with Crippen molar-refractivity contribution in [1.82, 2.24) is 0 Å². The van der Waals surface area contributed by atoms with Crippen LogP contribution < -0.4 is 0 Å². The highest BCUT2D eigenvalue weighted by molar-refractivity contribution is 9.10. The molecule has 0 saturated heterocycles. The molecule has 0 amide bonds. The molecule has 0 spiro atoms. The summed E-state index contributed by atoms with van der Waals surface area (Å²) < 4.78 is 0.991. The Morgan fingerprint density at radius 1 is 1.15 bits per heavy atom. The molecule has 5 heteroatoms. The van der Waals surface area contributed by atoms with Crippen LogP contribution in [-0.2, 0) is 6.42 Å². The SMILES string of the molecule is N#C[C@H](Cc1ccc(Br)cc1)c1ccc([N+](=O)[O-])cc1. The van der Waals surface area contributed by atoms with Gasteiger partial charge >= 0.3 is 0 Å². The predicted octanol–water partition coefficient (Wildman–Crippen LogP) is 4.21. The topological polar surface area (TPSA) is 66.9 Å². The fourth-order valence-electron chi connectivity index (χ4n) is 1.92. The lowest BCUT2D eigenvalue weighted by Gasteiger charge is -2.09. The van der Waals surface area contributed by atoms with Gasteiger partial charge in [0.05, 0.1) is 16.9 Å². The minimum absolute atomic E-state index is 0.0362. The third kappa shape index (κ3) is 3.43. The van der Waals surface area contributed by atoms with Crippen molar-refractivity contribution in [2.75, 3.05) is 0 Å². The van der Waals surface area contributed by atoms with Crippen molar-refractivity contribution in [3.63, 3.8) is 0 Å². The first-order valence-corrected chi connectivity index (χ1v) is 6.78. The molecule has 20 heavy (non-hydrogen) atoms. The van der Waals surface area contributed by atoms with Gasteiger partial charge in [-0.1, -0.05) is 40.2 Å². The van der Waals surface area contributed by atoms with Gasteiger partial charge in [-0.2, -0.15) is 5.26 Å². The molecule has 4 nitrogen and oxygen atoms in total. The van der Waals surface area contributed by atoms with Crippen molar-refractivity contribution in [3.8, 4) is 6.07 Å². The lowest BCUT2D eigenvalue weighted by molar-refractivity contribution is -0.384. The summed E-state index contributed by atoms with van der Waals surface area (Å²) in [6.45, 7) is 0. The van der Waals surface area contributed by atoms with Gasteiger partial charge < -0.3 is 0 Å². The molecule has 0 unspecified atom stereocenters. The number of halogens is 1. The van der Waals surface area contributed by atoms with Crippen LogP contribution in [0.1, 0.15) is 17.0 Å². The number of nitriles is 1. The minimum Gasteiger partial charge on any atom is -0.258 e. The first-order chi connectivity index (χ1) is 9.60. The first kappa shape index (κ1) is 14.2. The van der Waals surface area contributed by atoms with E-state index < -0.39 is 4.92 Å². The lowest BCUT2D eigenvalue weighted by atomic mass is 9.93. The van der Waals surface area contributed by atoms with Crippen LogP contribution in [0.4, 0.5) is 5.69 Å². The standard InChI is InChI=1S/C15H11BrN2O2/c16-14-5-1-11(2-6-14)9-13(10-17)12-3-7-15(8-4-12)18(19)20/h1-8,13H,9H2/t13-/m0/s1. The molecule has 0 N–H and O–H groups in total. The third-order valence-electron chi connectivity index (χ3n) is 3.02. The molecule has 2 rings (SSSR count). The summed E-state index contributed by atoms with van der Waals surface area (Å²) in [4.78, 5) is 10.2. The van der Waals surface area contributed by atoms with Crippen LogP contribution in [0, 0.1) is 21.4 Å². The maximum atomic E-state index is 10.6. The fraction of sp³-hybridized carbons (Fsp3) is 0.133. The summed E-state index contributed by atoms with van der Waals surface area (Å²) in [5.74, 6) is -0.308. The van der Waals surface area contributed by atoms with Gasteiger partial charge in [0.2, 0.25) is 0 Å². The largest absolute Gasteiger partial charge is 0.269 e. The molecule has 0 heterocycles. The van der Waals surface area contributed by atoms with E-state index in [4.69, 9.17) is 0 Å². The third-order valence-corrected chi connectivity index (χ3v) is 3.54. The normalized spacial score (nSPS) is 11.6. The maximum absolute atomic E-state index is 10.6. The Kier molecular flexibility index (Phi) is 4.49. The van der Waals surface area contributed by atoms with Gasteiger partial charge in [0, 0.05) is 16.6 Å². The Bertz CT molecular complexity index is 645. The van der Waals surface area contributed by atoms with E-state index in [-0.39, 0.29) is 11.6 Å². The minimum atomic E-state index is -0.445. The number of rotatable bonds is 4. The van der Waals surface area contributed by atoms with E-state index in [0.29, 0.717) is 6.42 Å². The highest BCUT2D eigenvalue weighted by atomic mass is 79.9. The van der Waals surface area contributed by atoms with Gasteiger partial charge in [0.25, 0.3) is 5.69 Å². The van der Waals surface area contributed by atoms with Crippen molar-refractivity contribution in [3.05, 3.63) is 74.2 Å². The van der Waals surface area contributed by atoms with E-state index in [2.05, 4.69) is 22.0 Å². The van der Waals surface area contributed by atoms with E-state index in [1.165, 1.54) is 12.1 Å². The highest BCUT2D eigenvalue weighted by Gasteiger charge is 2.13. The quantitative estimate of drug-likeness (QED) is 0.623.